The smallest absolute Gasteiger partial charge is 0.356 e. The number of esters is 1. The maximum Gasteiger partial charge on any atom is 0.356 e. The number of ether oxygens (including phenoxy) is 1. The highest BCUT2D eigenvalue weighted by Crippen LogP contribution is 2.42. The van der Waals surface area contributed by atoms with E-state index in [1.165, 1.54) is 23.8 Å². The van der Waals surface area contributed by atoms with Crippen LogP contribution in [0, 0.1) is 0 Å². The number of β-lactam (4-membered cyclic amide) rings is 1. The van der Waals surface area contributed by atoms with Gasteiger partial charge in [-0.15, -0.1) is 16.9 Å². The molecule has 5 rings (SSSR count). The Hall–Kier alpha value is -3.19. The van der Waals surface area contributed by atoms with E-state index in [0.29, 0.717) is 16.7 Å². The topological polar surface area (TPSA) is 111 Å². The van der Waals surface area contributed by atoms with Crippen molar-refractivity contribution in [3.63, 3.8) is 0 Å². The molecule has 0 spiro atoms. The fourth-order valence-corrected chi connectivity index (χ4v) is 6.45. The van der Waals surface area contributed by atoms with E-state index < -0.39 is 18.1 Å². The number of hydrogen-bond acceptors (Lipinski definition) is 10. The van der Waals surface area contributed by atoms with Gasteiger partial charge in [-0.3, -0.25) is 9.69 Å². The number of amides is 1. The lowest BCUT2D eigenvalue weighted by atomic mass is 10.0. The zero-order valence-electron chi connectivity index (χ0n) is 19.6. The zero-order chi connectivity index (χ0) is 25.1. The standard InChI is InChI=1S/C24H24N6O4S2/c1-29-24(25-27-28-29)36-14-17-13-35-22-18(26-33-2)21(31)30(22)19(17)23(32)34-20(15-9-5-3-6-10-15)16-11-7-4-8-12-16/h3-12,18,20,22,26H,13-14H2,1-2H3/t18-,22+/m1/s1. The molecule has 2 aliphatic heterocycles. The number of thioether (sulfide) groups is 2. The second kappa shape index (κ2) is 10.8. The lowest BCUT2D eigenvalue weighted by molar-refractivity contribution is -0.157. The summed E-state index contributed by atoms with van der Waals surface area (Å²) in [7, 11) is 3.22. The molecule has 1 amide bonds. The quantitative estimate of drug-likeness (QED) is 0.194. The Bertz CT molecular complexity index is 1230. The van der Waals surface area contributed by atoms with Crippen LogP contribution in [0.5, 0.6) is 0 Å². The number of hydroxylamine groups is 1. The predicted octanol–water partition coefficient (Wildman–Crippen LogP) is 2.32. The maximum atomic E-state index is 13.8. The molecule has 0 bridgehead atoms. The number of tetrazole rings is 1. The van der Waals surface area contributed by atoms with Gasteiger partial charge in [0.15, 0.2) is 6.10 Å². The summed E-state index contributed by atoms with van der Waals surface area (Å²) in [4.78, 5) is 33.4. The fraction of sp³-hybridized carbons (Fsp3) is 0.292. The highest BCUT2D eigenvalue weighted by molar-refractivity contribution is 8.01. The van der Waals surface area contributed by atoms with Gasteiger partial charge in [-0.2, -0.15) is 5.48 Å². The largest absolute Gasteiger partial charge is 0.448 e. The van der Waals surface area contributed by atoms with Crippen molar-refractivity contribution in [2.45, 2.75) is 22.7 Å². The Morgan fingerprint density at radius 2 is 1.83 bits per heavy atom. The van der Waals surface area contributed by atoms with Gasteiger partial charge >= 0.3 is 5.97 Å². The molecule has 0 unspecified atom stereocenters. The van der Waals surface area contributed by atoms with Gasteiger partial charge in [0.1, 0.15) is 17.1 Å². The van der Waals surface area contributed by atoms with Gasteiger partial charge in [-0.05, 0) is 27.1 Å². The highest BCUT2D eigenvalue weighted by atomic mass is 32.2. The number of carbonyl (C=O) groups excluding carboxylic acids is 2. The molecular weight excluding hydrogens is 500 g/mol. The summed E-state index contributed by atoms with van der Waals surface area (Å²) in [6, 6.07) is 18.6. The molecule has 1 fully saturated rings. The Labute approximate surface area is 216 Å². The molecular formula is C24H24N6O4S2. The van der Waals surface area contributed by atoms with Crippen molar-refractivity contribution >= 4 is 35.4 Å². The Kier molecular flexibility index (Phi) is 7.37. The number of nitrogens with one attached hydrogen (secondary N) is 1. The number of rotatable bonds is 9. The summed E-state index contributed by atoms with van der Waals surface area (Å²) >= 11 is 2.97. The molecule has 0 aliphatic carbocycles. The third-order valence-electron chi connectivity index (χ3n) is 5.87. The third-order valence-corrected chi connectivity index (χ3v) is 8.31. The van der Waals surface area contributed by atoms with Gasteiger partial charge in [0.05, 0.1) is 7.11 Å². The highest BCUT2D eigenvalue weighted by Gasteiger charge is 2.54. The van der Waals surface area contributed by atoms with Gasteiger partial charge in [0.2, 0.25) is 5.16 Å². The molecule has 2 aliphatic rings. The molecule has 2 aromatic carbocycles. The van der Waals surface area contributed by atoms with Crippen molar-refractivity contribution in [2.75, 3.05) is 18.6 Å². The third kappa shape index (κ3) is 4.76. The van der Waals surface area contributed by atoms with Crippen LogP contribution in [0.4, 0.5) is 0 Å². The average Bonchev–Trinajstić information content (AvgIpc) is 3.33. The molecule has 1 N–H and O–H groups in total. The monoisotopic (exact) mass is 524 g/mol. The first kappa shape index (κ1) is 24.5. The van der Waals surface area contributed by atoms with Crippen LogP contribution in [-0.2, 0) is 26.2 Å². The number of aromatic nitrogens is 4. The van der Waals surface area contributed by atoms with Crippen molar-refractivity contribution in [1.82, 2.24) is 30.6 Å². The van der Waals surface area contributed by atoms with Crippen molar-refractivity contribution in [1.29, 1.82) is 0 Å². The molecule has 12 heteroatoms. The van der Waals surface area contributed by atoms with Crippen molar-refractivity contribution in [2.24, 2.45) is 7.05 Å². The predicted molar refractivity (Wildman–Crippen MR) is 134 cm³/mol. The molecule has 3 aromatic rings. The molecule has 0 radical (unpaired) electrons. The van der Waals surface area contributed by atoms with Crippen LogP contribution in [-0.4, -0.2) is 67.0 Å². The van der Waals surface area contributed by atoms with E-state index in [-0.39, 0.29) is 17.0 Å². The first-order valence-corrected chi connectivity index (χ1v) is 13.2. The van der Waals surface area contributed by atoms with Gasteiger partial charge in [-0.1, -0.05) is 72.4 Å². The summed E-state index contributed by atoms with van der Waals surface area (Å²) in [6.07, 6.45) is -0.624. The van der Waals surface area contributed by atoms with Crippen molar-refractivity contribution < 1.29 is 19.2 Å². The number of fused-ring (bicyclic) bond motifs is 1. The number of benzene rings is 2. The number of hydrogen-bond donors (Lipinski definition) is 1. The molecule has 1 saturated heterocycles. The van der Waals surface area contributed by atoms with Crippen LogP contribution in [0.15, 0.2) is 77.1 Å². The second-order valence-electron chi connectivity index (χ2n) is 8.14. The minimum Gasteiger partial charge on any atom is -0.448 e. The van der Waals surface area contributed by atoms with Gasteiger partial charge in [-0.25, -0.2) is 9.48 Å². The van der Waals surface area contributed by atoms with Crippen LogP contribution < -0.4 is 5.48 Å². The van der Waals surface area contributed by atoms with E-state index in [9.17, 15) is 9.59 Å². The molecule has 3 heterocycles. The number of nitrogens with zero attached hydrogens (tertiary/aromatic N) is 5. The summed E-state index contributed by atoms with van der Waals surface area (Å²) in [5, 5.41) is 11.9. The van der Waals surface area contributed by atoms with Crippen LogP contribution in [0.3, 0.4) is 0 Å². The molecule has 2 atom stereocenters. The summed E-state index contributed by atoms with van der Waals surface area (Å²) in [5.41, 5.74) is 5.49. The molecule has 10 nitrogen and oxygen atoms in total. The van der Waals surface area contributed by atoms with Crippen LogP contribution >= 0.6 is 23.5 Å². The Morgan fingerprint density at radius 1 is 1.17 bits per heavy atom. The van der Waals surface area contributed by atoms with E-state index in [1.54, 1.807) is 23.5 Å². The molecule has 36 heavy (non-hydrogen) atoms. The van der Waals surface area contributed by atoms with Crippen LogP contribution in [0.25, 0.3) is 0 Å². The maximum absolute atomic E-state index is 13.8. The number of carbonyl (C=O) groups is 2. The first-order chi connectivity index (χ1) is 17.6. The minimum atomic E-state index is -0.624. The van der Waals surface area contributed by atoms with E-state index in [2.05, 4.69) is 21.0 Å². The van der Waals surface area contributed by atoms with E-state index in [4.69, 9.17) is 9.57 Å². The van der Waals surface area contributed by atoms with E-state index in [0.717, 1.165) is 16.7 Å². The average molecular weight is 525 g/mol. The molecule has 186 valence electrons. The second-order valence-corrected chi connectivity index (χ2v) is 10.2. The summed E-state index contributed by atoms with van der Waals surface area (Å²) in [6.45, 7) is 0. The van der Waals surface area contributed by atoms with Gasteiger partial charge in [0, 0.05) is 18.6 Å². The summed E-state index contributed by atoms with van der Waals surface area (Å²) in [5.74, 6) is 0.209. The normalized spacial score (nSPS) is 19.3. The van der Waals surface area contributed by atoms with Crippen molar-refractivity contribution in [3.8, 4) is 0 Å². The fourth-order valence-electron chi connectivity index (χ4n) is 4.13. The lowest BCUT2D eigenvalue weighted by Crippen LogP contribution is -2.69. The van der Waals surface area contributed by atoms with Gasteiger partial charge in [0.25, 0.3) is 5.91 Å². The zero-order valence-corrected chi connectivity index (χ0v) is 21.2. The lowest BCUT2D eigenvalue weighted by Gasteiger charge is -2.49. The van der Waals surface area contributed by atoms with E-state index in [1.807, 2.05) is 60.7 Å². The Morgan fingerprint density at radius 3 is 2.42 bits per heavy atom. The van der Waals surface area contributed by atoms with Crippen molar-refractivity contribution in [3.05, 3.63) is 83.1 Å². The van der Waals surface area contributed by atoms with E-state index >= 15 is 0 Å². The minimum absolute atomic E-state index is 0.236. The van der Waals surface area contributed by atoms with Crippen LogP contribution in [0.1, 0.15) is 17.2 Å². The SMILES string of the molecule is CON[C@@H]1C(=O)N2C(C(=O)OC(c3ccccc3)c3ccccc3)=C(CSc3nnnn3C)CS[C@@H]12. The first-order valence-electron chi connectivity index (χ1n) is 11.2. The molecule has 1 aromatic heterocycles. The molecule has 0 saturated carbocycles. The summed E-state index contributed by atoms with van der Waals surface area (Å²) < 4.78 is 7.71. The number of aryl methyl sites for hydroxylation is 1. The Balaban J connectivity index is 1.47. The van der Waals surface area contributed by atoms with Crippen LogP contribution in [0.2, 0.25) is 0 Å². The van der Waals surface area contributed by atoms with Gasteiger partial charge < -0.3 is 9.57 Å².